The Balaban J connectivity index is 1.32. The van der Waals surface area contributed by atoms with E-state index in [1.165, 1.54) is 16.4 Å². The van der Waals surface area contributed by atoms with E-state index in [1.807, 2.05) is 29.5 Å². The summed E-state index contributed by atoms with van der Waals surface area (Å²) in [6.07, 6.45) is 4.46. The maximum atomic E-state index is 13.4. The van der Waals surface area contributed by atoms with Crippen molar-refractivity contribution < 1.29 is 17.9 Å². The van der Waals surface area contributed by atoms with Crippen molar-refractivity contribution in [3.63, 3.8) is 0 Å². The highest BCUT2D eigenvalue weighted by Crippen LogP contribution is 2.43. The van der Waals surface area contributed by atoms with Crippen LogP contribution in [0.1, 0.15) is 43.5 Å². The molecule has 3 aromatic heterocycles. The monoisotopic (exact) mass is 544 g/mol. The third-order valence-electron chi connectivity index (χ3n) is 7.44. The normalized spacial score (nSPS) is 19.5. The minimum atomic E-state index is -3.85. The molecule has 1 aliphatic rings. The zero-order valence-corrected chi connectivity index (χ0v) is 22.4. The minimum Gasteiger partial charge on any atom is -0.446 e. The van der Waals surface area contributed by atoms with E-state index in [0.717, 1.165) is 12.0 Å². The van der Waals surface area contributed by atoms with Crippen molar-refractivity contribution in [3.05, 3.63) is 84.4 Å². The molecule has 1 aliphatic carbocycles. The van der Waals surface area contributed by atoms with Gasteiger partial charge >= 0.3 is 6.09 Å². The van der Waals surface area contributed by atoms with Gasteiger partial charge in [-0.3, -0.25) is 9.72 Å². The fourth-order valence-electron chi connectivity index (χ4n) is 5.47. The summed E-state index contributed by atoms with van der Waals surface area (Å²) in [6, 6.07) is 17.6. The quantitative estimate of drug-likeness (QED) is 0.314. The molecule has 0 saturated heterocycles. The smallest absolute Gasteiger partial charge is 0.411 e. The van der Waals surface area contributed by atoms with Crippen molar-refractivity contribution >= 4 is 38.6 Å². The Hall–Kier alpha value is -4.25. The molecule has 6 rings (SSSR count). The van der Waals surface area contributed by atoms with Gasteiger partial charge in [0.2, 0.25) is 0 Å². The summed E-state index contributed by atoms with van der Waals surface area (Å²) in [5, 5.41) is 11.6. The molecular weight excluding hydrogens is 516 g/mol. The van der Waals surface area contributed by atoms with Crippen LogP contribution in [0, 0.1) is 12.8 Å². The second-order valence-corrected chi connectivity index (χ2v) is 11.7. The first-order valence-electron chi connectivity index (χ1n) is 12.9. The molecule has 1 amide bonds. The largest absolute Gasteiger partial charge is 0.446 e. The van der Waals surface area contributed by atoms with Gasteiger partial charge in [0.1, 0.15) is 11.9 Å². The molecule has 0 aliphatic heterocycles. The number of hydrogen-bond donors (Lipinski definition) is 1. The van der Waals surface area contributed by atoms with Gasteiger partial charge < -0.3 is 4.74 Å². The molecule has 200 valence electrons. The van der Waals surface area contributed by atoms with Crippen molar-refractivity contribution in [2.45, 2.75) is 50.0 Å². The molecule has 3 atom stereocenters. The molecule has 0 bridgehead atoms. The maximum absolute atomic E-state index is 13.4. The number of para-hydroxylation sites is 1. The fraction of sp³-hybridized carbons (Fsp3) is 0.286. The van der Waals surface area contributed by atoms with Crippen molar-refractivity contribution in [1.82, 2.24) is 23.6 Å². The first-order valence-corrected chi connectivity index (χ1v) is 14.3. The lowest BCUT2D eigenvalue weighted by molar-refractivity contribution is 0.111. The lowest BCUT2D eigenvalue weighted by Gasteiger charge is -2.16. The van der Waals surface area contributed by atoms with Crippen molar-refractivity contribution in [3.8, 4) is 0 Å². The lowest BCUT2D eigenvalue weighted by Crippen LogP contribution is -2.20. The van der Waals surface area contributed by atoms with Crippen molar-refractivity contribution in [2.75, 3.05) is 5.32 Å². The Bertz CT molecular complexity index is 1760. The molecule has 10 nitrogen and oxygen atoms in total. The van der Waals surface area contributed by atoms with Crippen LogP contribution in [0.5, 0.6) is 0 Å². The minimum absolute atomic E-state index is 0.0258. The maximum Gasteiger partial charge on any atom is 0.411 e. The molecule has 2 aromatic carbocycles. The number of nitrogens with one attached hydrogen (secondary N) is 1. The van der Waals surface area contributed by atoms with E-state index < -0.39 is 16.1 Å². The SMILES string of the molecule is CCC1CC(OC(=O)Nc2ccccc2)CC1c1nnc2cnc3c(ccn3S(=O)(=O)c3ccc(C)cc3)n12. The van der Waals surface area contributed by atoms with Crippen LogP contribution in [0.4, 0.5) is 10.5 Å². The number of carbonyl (C=O) groups is 1. The number of hydrogen-bond acceptors (Lipinski definition) is 7. The number of nitrogens with zero attached hydrogens (tertiary/aromatic N) is 5. The molecule has 11 heteroatoms. The van der Waals surface area contributed by atoms with Crippen LogP contribution in [-0.2, 0) is 14.8 Å². The van der Waals surface area contributed by atoms with Gasteiger partial charge in [0.15, 0.2) is 11.3 Å². The summed E-state index contributed by atoms with van der Waals surface area (Å²) in [5.41, 5.74) is 3.08. The highest BCUT2D eigenvalue weighted by molar-refractivity contribution is 7.90. The first kappa shape index (κ1) is 25.1. The van der Waals surface area contributed by atoms with Crippen LogP contribution in [0.15, 0.2) is 78.0 Å². The van der Waals surface area contributed by atoms with E-state index in [-0.39, 0.29) is 22.8 Å². The van der Waals surface area contributed by atoms with E-state index in [1.54, 1.807) is 42.5 Å². The van der Waals surface area contributed by atoms with Crippen molar-refractivity contribution in [1.29, 1.82) is 0 Å². The Morgan fingerprint density at radius 1 is 1.05 bits per heavy atom. The third-order valence-corrected chi connectivity index (χ3v) is 9.12. The Morgan fingerprint density at radius 2 is 1.82 bits per heavy atom. The van der Waals surface area contributed by atoms with E-state index in [2.05, 4.69) is 27.4 Å². The summed E-state index contributed by atoms with van der Waals surface area (Å²) >= 11 is 0. The van der Waals surface area contributed by atoms with Gasteiger partial charge in [0.25, 0.3) is 10.0 Å². The summed E-state index contributed by atoms with van der Waals surface area (Å²) in [4.78, 5) is 17.2. The predicted octanol–water partition coefficient (Wildman–Crippen LogP) is 5.15. The summed E-state index contributed by atoms with van der Waals surface area (Å²) in [6.45, 7) is 4.01. The molecule has 0 radical (unpaired) electrons. The predicted molar refractivity (Wildman–Crippen MR) is 146 cm³/mol. The number of fused-ring (bicyclic) bond motifs is 3. The van der Waals surface area contributed by atoms with E-state index in [0.29, 0.717) is 41.2 Å². The van der Waals surface area contributed by atoms with Gasteiger partial charge in [-0.2, -0.15) is 0 Å². The molecular formula is C28H28N6O4S. The Kier molecular flexibility index (Phi) is 6.30. The number of ether oxygens (including phenoxy) is 1. The Labute approximate surface area is 225 Å². The van der Waals surface area contributed by atoms with E-state index >= 15 is 0 Å². The molecule has 3 heterocycles. The number of anilines is 1. The number of rotatable bonds is 6. The highest BCUT2D eigenvalue weighted by atomic mass is 32.2. The second kappa shape index (κ2) is 9.81. The van der Waals surface area contributed by atoms with Crippen LogP contribution in [-0.4, -0.2) is 44.2 Å². The fourth-order valence-corrected chi connectivity index (χ4v) is 6.76. The number of aryl methyl sites for hydroxylation is 1. The molecule has 3 unspecified atom stereocenters. The van der Waals surface area contributed by atoms with Gasteiger partial charge in [0, 0.05) is 17.8 Å². The Morgan fingerprint density at radius 3 is 2.56 bits per heavy atom. The second-order valence-electron chi connectivity index (χ2n) is 9.91. The topological polar surface area (TPSA) is 120 Å². The molecule has 0 spiro atoms. The number of carbonyl (C=O) groups excluding carboxylic acids is 1. The van der Waals surface area contributed by atoms with E-state index in [9.17, 15) is 13.2 Å². The number of aromatic nitrogens is 5. The number of amides is 1. The van der Waals surface area contributed by atoms with Gasteiger partial charge in [0.05, 0.1) is 16.6 Å². The zero-order chi connectivity index (χ0) is 27.1. The van der Waals surface area contributed by atoms with Gasteiger partial charge in [-0.25, -0.2) is 22.2 Å². The lowest BCUT2D eigenvalue weighted by atomic mass is 9.93. The first-order chi connectivity index (χ1) is 18.8. The average Bonchev–Trinajstić information content (AvgIpc) is 3.65. The van der Waals surface area contributed by atoms with Gasteiger partial charge in [-0.05, 0) is 56.0 Å². The zero-order valence-electron chi connectivity index (χ0n) is 21.6. The van der Waals surface area contributed by atoms with Gasteiger partial charge in [-0.1, -0.05) is 49.2 Å². The van der Waals surface area contributed by atoms with Crippen LogP contribution in [0.2, 0.25) is 0 Å². The average molecular weight is 545 g/mol. The van der Waals surface area contributed by atoms with Gasteiger partial charge in [-0.15, -0.1) is 10.2 Å². The third kappa shape index (κ3) is 4.52. The van der Waals surface area contributed by atoms with Crippen molar-refractivity contribution in [2.24, 2.45) is 5.92 Å². The van der Waals surface area contributed by atoms with Crippen LogP contribution in [0.25, 0.3) is 16.8 Å². The number of benzene rings is 2. The molecule has 39 heavy (non-hydrogen) atoms. The summed E-state index contributed by atoms with van der Waals surface area (Å²) < 4.78 is 35.7. The highest BCUT2D eigenvalue weighted by Gasteiger charge is 2.39. The van der Waals surface area contributed by atoms with Crippen LogP contribution < -0.4 is 5.32 Å². The molecule has 5 aromatic rings. The van der Waals surface area contributed by atoms with E-state index in [4.69, 9.17) is 4.74 Å². The molecule has 1 N–H and O–H groups in total. The molecule has 1 fully saturated rings. The standard InChI is InChI=1S/C28H28N6O4S/c1-3-19-15-21(38-28(35)30-20-7-5-4-6-8-20)16-23(19)26-32-31-25-17-29-27-24(34(25)26)13-14-33(27)39(36,37)22-11-9-18(2)10-12-22/h4-14,17,19,21,23H,3,15-16H2,1-2H3,(H,30,35). The van der Waals surface area contributed by atoms with Crippen LogP contribution >= 0.6 is 0 Å². The summed E-state index contributed by atoms with van der Waals surface area (Å²) in [7, 11) is -3.85. The summed E-state index contributed by atoms with van der Waals surface area (Å²) in [5.74, 6) is 0.903. The van der Waals surface area contributed by atoms with Crippen LogP contribution in [0.3, 0.4) is 0 Å². The molecule has 1 saturated carbocycles.